The summed E-state index contributed by atoms with van der Waals surface area (Å²) >= 11 is 1.86. The Morgan fingerprint density at radius 3 is 1.50 bits per heavy atom. The third-order valence-electron chi connectivity index (χ3n) is 11.5. The zero-order valence-corrected chi connectivity index (χ0v) is 32.5. The van der Waals surface area contributed by atoms with Crippen molar-refractivity contribution in [3.63, 3.8) is 0 Å². The van der Waals surface area contributed by atoms with Gasteiger partial charge in [-0.1, -0.05) is 182 Å². The molecular weight excluding hydrogens is 719 g/mol. The molecule has 0 saturated heterocycles. The molecule has 0 N–H and O–H groups in total. The minimum absolute atomic E-state index is 1.10. The van der Waals surface area contributed by atoms with Crippen molar-refractivity contribution >= 4 is 70.1 Å². The van der Waals surface area contributed by atoms with Gasteiger partial charge in [-0.3, -0.25) is 0 Å². The van der Waals surface area contributed by atoms with Gasteiger partial charge < -0.3 is 4.90 Å². The fourth-order valence-corrected chi connectivity index (χ4v) is 9.87. The van der Waals surface area contributed by atoms with Crippen molar-refractivity contribution in [2.45, 2.75) is 0 Å². The Balaban J connectivity index is 1.20. The van der Waals surface area contributed by atoms with Crippen LogP contribution in [0.4, 0.5) is 17.1 Å². The Kier molecular flexibility index (Phi) is 8.42. The maximum Gasteiger partial charge on any atom is 0.0624 e. The van der Waals surface area contributed by atoms with E-state index in [0.717, 1.165) is 17.1 Å². The third-order valence-corrected chi connectivity index (χ3v) is 12.6. The largest absolute Gasteiger partial charge is 0.309 e. The lowest BCUT2D eigenvalue weighted by atomic mass is 9.88. The molecule has 1 nitrogen and oxygen atoms in total. The van der Waals surface area contributed by atoms with Gasteiger partial charge in [-0.25, -0.2) is 0 Å². The first-order valence-corrected chi connectivity index (χ1v) is 20.7. The summed E-state index contributed by atoms with van der Waals surface area (Å²) in [5, 5.41) is 7.47. The van der Waals surface area contributed by atoms with Crippen molar-refractivity contribution in [1.82, 2.24) is 0 Å². The van der Waals surface area contributed by atoms with E-state index < -0.39 is 0 Å². The van der Waals surface area contributed by atoms with Gasteiger partial charge in [0.2, 0.25) is 0 Å². The highest BCUT2D eigenvalue weighted by Gasteiger charge is 2.24. The molecular formula is C56H37NS. The van der Waals surface area contributed by atoms with Gasteiger partial charge in [-0.05, 0) is 97.6 Å². The summed E-state index contributed by atoms with van der Waals surface area (Å²) in [5.74, 6) is 0. The van der Waals surface area contributed by atoms with E-state index in [2.05, 4.69) is 229 Å². The van der Waals surface area contributed by atoms with E-state index in [0.29, 0.717) is 0 Å². The standard InChI is InChI=1S/C56H37NS/c1-3-16-38(17-4-1)41-20-15-21-42(36-41)55-50-27-11-9-24-47(50)48-25-10-12-28-51(48)56(55)57(44-34-35-54-52(37-44)49-26-13-14-29-53(49)58-54)43-32-30-40(31-33-43)46-23-8-7-22-45(46)39-18-5-2-6-19-39/h1-37H. The second kappa shape index (κ2) is 14.4. The van der Waals surface area contributed by atoms with Gasteiger partial charge >= 0.3 is 0 Å². The van der Waals surface area contributed by atoms with Crippen molar-refractivity contribution in [1.29, 1.82) is 0 Å². The van der Waals surface area contributed by atoms with E-state index in [1.165, 1.54) is 86.2 Å². The van der Waals surface area contributed by atoms with Crippen molar-refractivity contribution < 1.29 is 0 Å². The van der Waals surface area contributed by atoms with Crippen LogP contribution in [0.25, 0.3) is 86.2 Å². The van der Waals surface area contributed by atoms with Gasteiger partial charge in [0.05, 0.1) is 5.69 Å². The quantitative estimate of drug-likeness (QED) is 0.146. The number of hydrogen-bond donors (Lipinski definition) is 0. The maximum atomic E-state index is 2.51. The first-order valence-electron chi connectivity index (χ1n) is 19.8. The predicted octanol–water partition coefficient (Wildman–Crippen LogP) is 16.5. The lowest BCUT2D eigenvalue weighted by molar-refractivity contribution is 1.31. The van der Waals surface area contributed by atoms with Crippen molar-refractivity contribution in [2.75, 3.05) is 4.90 Å². The van der Waals surface area contributed by atoms with Crippen molar-refractivity contribution in [2.24, 2.45) is 0 Å². The van der Waals surface area contributed by atoms with E-state index >= 15 is 0 Å². The number of rotatable bonds is 7. The maximum absolute atomic E-state index is 2.51. The fraction of sp³-hybridized carbons (Fsp3) is 0. The third kappa shape index (κ3) is 5.86. The second-order valence-corrected chi connectivity index (χ2v) is 15.9. The first-order chi connectivity index (χ1) is 28.8. The molecule has 0 aliphatic rings. The van der Waals surface area contributed by atoms with Crippen LogP contribution in [0.2, 0.25) is 0 Å². The molecule has 0 unspecified atom stereocenters. The number of fused-ring (bicyclic) bond motifs is 6. The Morgan fingerprint density at radius 1 is 0.276 bits per heavy atom. The van der Waals surface area contributed by atoms with Crippen molar-refractivity contribution in [3.05, 3.63) is 224 Å². The average molecular weight is 756 g/mol. The molecule has 0 bridgehead atoms. The Hall–Kier alpha value is -7.26. The summed E-state index contributed by atoms with van der Waals surface area (Å²) in [4.78, 5) is 2.51. The molecule has 0 atom stereocenters. The van der Waals surface area contributed by atoms with Gasteiger partial charge in [0.1, 0.15) is 0 Å². The number of nitrogens with zero attached hydrogens (tertiary/aromatic N) is 1. The fourth-order valence-electron chi connectivity index (χ4n) is 8.79. The highest BCUT2D eigenvalue weighted by Crippen LogP contribution is 2.51. The summed E-state index contributed by atoms with van der Waals surface area (Å²) < 4.78 is 2.59. The van der Waals surface area contributed by atoms with Crippen LogP contribution in [0, 0.1) is 0 Å². The zero-order valence-electron chi connectivity index (χ0n) is 31.7. The highest BCUT2D eigenvalue weighted by atomic mass is 32.1. The summed E-state index contributed by atoms with van der Waals surface area (Å²) in [6, 6.07) is 82.1. The molecule has 0 aliphatic carbocycles. The molecule has 11 aromatic rings. The SMILES string of the molecule is c1ccc(-c2cccc(-c3c(N(c4ccc(-c5ccccc5-c5ccccc5)cc4)c4ccc5sc6ccccc6c5c4)c4ccccc4c4ccccc34)c2)cc1. The molecule has 10 aromatic carbocycles. The molecule has 0 spiro atoms. The van der Waals surface area contributed by atoms with Crippen LogP contribution in [-0.2, 0) is 0 Å². The smallest absolute Gasteiger partial charge is 0.0624 e. The van der Waals surface area contributed by atoms with Crippen LogP contribution in [0.1, 0.15) is 0 Å². The molecule has 272 valence electrons. The molecule has 1 heterocycles. The minimum atomic E-state index is 1.10. The van der Waals surface area contributed by atoms with Crippen LogP contribution in [0.5, 0.6) is 0 Å². The van der Waals surface area contributed by atoms with Crippen LogP contribution in [0.15, 0.2) is 224 Å². The van der Waals surface area contributed by atoms with Crippen LogP contribution in [0.3, 0.4) is 0 Å². The van der Waals surface area contributed by atoms with Gasteiger partial charge in [-0.2, -0.15) is 0 Å². The Bertz CT molecular complexity index is 3270. The minimum Gasteiger partial charge on any atom is -0.309 e. The van der Waals surface area contributed by atoms with Gasteiger partial charge in [0.15, 0.2) is 0 Å². The molecule has 0 amide bonds. The van der Waals surface area contributed by atoms with Gasteiger partial charge in [0.25, 0.3) is 0 Å². The molecule has 0 saturated carbocycles. The normalized spacial score (nSPS) is 11.4. The Labute approximate surface area is 342 Å². The van der Waals surface area contributed by atoms with Crippen LogP contribution in [-0.4, -0.2) is 0 Å². The lowest BCUT2D eigenvalue weighted by Crippen LogP contribution is -2.12. The molecule has 0 aliphatic heterocycles. The van der Waals surface area contributed by atoms with Crippen LogP contribution >= 0.6 is 11.3 Å². The average Bonchev–Trinajstić information content (AvgIpc) is 3.68. The molecule has 0 radical (unpaired) electrons. The molecule has 0 fully saturated rings. The second-order valence-electron chi connectivity index (χ2n) is 14.8. The molecule has 58 heavy (non-hydrogen) atoms. The number of anilines is 3. The van der Waals surface area contributed by atoms with Crippen molar-refractivity contribution in [3.8, 4) is 44.5 Å². The lowest BCUT2D eigenvalue weighted by Gasteiger charge is -2.31. The highest BCUT2D eigenvalue weighted by molar-refractivity contribution is 7.25. The van der Waals surface area contributed by atoms with Gasteiger partial charge in [-0.15, -0.1) is 11.3 Å². The zero-order chi connectivity index (χ0) is 38.4. The monoisotopic (exact) mass is 755 g/mol. The molecule has 1 aromatic heterocycles. The van der Waals surface area contributed by atoms with E-state index in [1.807, 2.05) is 11.3 Å². The van der Waals surface area contributed by atoms with Crippen LogP contribution < -0.4 is 4.90 Å². The molecule has 2 heteroatoms. The summed E-state index contributed by atoms with van der Waals surface area (Å²) in [5.41, 5.74) is 13.0. The molecule has 11 rings (SSSR count). The summed E-state index contributed by atoms with van der Waals surface area (Å²) in [6.45, 7) is 0. The van der Waals surface area contributed by atoms with E-state index in [1.54, 1.807) is 0 Å². The predicted molar refractivity (Wildman–Crippen MR) is 251 cm³/mol. The van der Waals surface area contributed by atoms with E-state index in [4.69, 9.17) is 0 Å². The summed E-state index contributed by atoms with van der Waals surface area (Å²) in [7, 11) is 0. The Morgan fingerprint density at radius 2 is 0.776 bits per heavy atom. The number of thiophene rings is 1. The number of hydrogen-bond acceptors (Lipinski definition) is 2. The topological polar surface area (TPSA) is 3.24 Å². The van der Waals surface area contributed by atoms with E-state index in [-0.39, 0.29) is 0 Å². The first kappa shape index (κ1) is 34.0. The van der Waals surface area contributed by atoms with Gasteiger partial charge in [0, 0.05) is 42.5 Å². The summed E-state index contributed by atoms with van der Waals surface area (Å²) in [6.07, 6.45) is 0. The van der Waals surface area contributed by atoms with E-state index in [9.17, 15) is 0 Å². The number of benzene rings is 10.